The van der Waals surface area contributed by atoms with E-state index in [9.17, 15) is 14.4 Å². The molecule has 1 heterocycles. The summed E-state index contributed by atoms with van der Waals surface area (Å²) in [5.74, 6) is -1.01. The molecule has 0 radical (unpaired) electrons. The zero-order valence-electron chi connectivity index (χ0n) is 14.6. The van der Waals surface area contributed by atoms with Gasteiger partial charge in [0.05, 0.1) is 18.4 Å². The summed E-state index contributed by atoms with van der Waals surface area (Å²) in [6, 6.07) is 10.9. The lowest BCUT2D eigenvalue weighted by Crippen LogP contribution is -2.38. The largest absolute Gasteiger partial charge is 0.472 e. The summed E-state index contributed by atoms with van der Waals surface area (Å²) in [6.07, 6.45) is 2.82. The fraction of sp³-hybridized carbons (Fsp3) is 0.316. The van der Waals surface area contributed by atoms with Crippen LogP contribution in [0.3, 0.4) is 0 Å². The third-order valence-electron chi connectivity index (χ3n) is 3.60. The molecule has 0 bridgehead atoms. The van der Waals surface area contributed by atoms with Crippen LogP contribution in [0.5, 0.6) is 0 Å². The van der Waals surface area contributed by atoms with Gasteiger partial charge in [0.15, 0.2) is 0 Å². The van der Waals surface area contributed by atoms with Crippen LogP contribution in [-0.2, 0) is 20.9 Å². The Hall–Kier alpha value is -3.09. The predicted octanol–water partition coefficient (Wildman–Crippen LogP) is 1.99. The Bertz CT molecular complexity index is 713. The molecule has 2 aromatic rings. The average Bonchev–Trinajstić information content (AvgIpc) is 3.17. The summed E-state index contributed by atoms with van der Waals surface area (Å²) in [7, 11) is 0. The maximum absolute atomic E-state index is 12.5. The lowest BCUT2D eigenvalue weighted by molar-refractivity contribution is -0.149. The number of ether oxygens (including phenoxy) is 1. The molecule has 0 aliphatic carbocycles. The van der Waals surface area contributed by atoms with Crippen molar-refractivity contribution in [3.63, 3.8) is 0 Å². The number of furan rings is 1. The average molecular weight is 358 g/mol. The van der Waals surface area contributed by atoms with Gasteiger partial charge in [0.25, 0.3) is 5.91 Å². The number of hydrogen-bond acceptors (Lipinski definition) is 5. The van der Waals surface area contributed by atoms with Crippen molar-refractivity contribution in [1.29, 1.82) is 0 Å². The molecule has 0 saturated heterocycles. The molecular weight excluding hydrogens is 336 g/mol. The summed E-state index contributed by atoms with van der Waals surface area (Å²) >= 11 is 0. The first-order chi connectivity index (χ1) is 12.6. The van der Waals surface area contributed by atoms with Crippen molar-refractivity contribution in [2.24, 2.45) is 0 Å². The first-order valence-electron chi connectivity index (χ1n) is 8.38. The summed E-state index contributed by atoms with van der Waals surface area (Å²) in [5.41, 5.74) is 1.30. The molecule has 1 N–H and O–H groups in total. The van der Waals surface area contributed by atoms with Crippen LogP contribution in [-0.4, -0.2) is 42.4 Å². The van der Waals surface area contributed by atoms with Crippen LogP contribution in [0.2, 0.25) is 0 Å². The number of esters is 1. The van der Waals surface area contributed by atoms with Crippen LogP contribution < -0.4 is 5.32 Å². The van der Waals surface area contributed by atoms with Gasteiger partial charge in [-0.15, -0.1) is 0 Å². The van der Waals surface area contributed by atoms with Gasteiger partial charge in [-0.1, -0.05) is 30.3 Å². The van der Waals surface area contributed by atoms with Gasteiger partial charge in [0.1, 0.15) is 12.8 Å². The van der Waals surface area contributed by atoms with Crippen molar-refractivity contribution < 1.29 is 23.5 Å². The number of amides is 2. The molecule has 2 amide bonds. The molecule has 1 aromatic carbocycles. The topological polar surface area (TPSA) is 88.9 Å². The molecule has 0 fully saturated rings. The number of rotatable bonds is 9. The molecule has 0 atom stereocenters. The first-order valence-corrected chi connectivity index (χ1v) is 8.38. The third kappa shape index (κ3) is 6.08. The highest BCUT2D eigenvalue weighted by molar-refractivity contribution is 5.94. The van der Waals surface area contributed by atoms with Crippen molar-refractivity contribution in [3.05, 3.63) is 60.1 Å². The van der Waals surface area contributed by atoms with Crippen molar-refractivity contribution in [2.45, 2.75) is 19.9 Å². The standard InChI is InChI=1S/C19H22N2O5/c1-2-26-18(23)13-21(12-15-6-4-3-5-7-15)17(22)8-10-20-19(24)16-9-11-25-14-16/h3-7,9,11,14H,2,8,10,12-13H2,1H3,(H,20,24). The normalized spacial score (nSPS) is 10.2. The molecule has 0 saturated carbocycles. The minimum absolute atomic E-state index is 0.0792. The van der Waals surface area contributed by atoms with E-state index in [1.54, 1.807) is 13.0 Å². The van der Waals surface area contributed by atoms with Gasteiger partial charge in [-0.05, 0) is 18.6 Å². The molecule has 0 spiro atoms. The van der Waals surface area contributed by atoms with Gasteiger partial charge >= 0.3 is 5.97 Å². The number of nitrogens with zero attached hydrogens (tertiary/aromatic N) is 1. The summed E-state index contributed by atoms with van der Waals surface area (Å²) in [6.45, 7) is 2.31. The highest BCUT2D eigenvalue weighted by Crippen LogP contribution is 2.07. The van der Waals surface area contributed by atoms with Crippen LogP contribution in [0.25, 0.3) is 0 Å². The van der Waals surface area contributed by atoms with Crippen LogP contribution in [0.1, 0.15) is 29.3 Å². The number of carbonyl (C=O) groups excluding carboxylic acids is 3. The van der Waals surface area contributed by atoms with Crippen LogP contribution in [0.15, 0.2) is 53.3 Å². The van der Waals surface area contributed by atoms with Crippen LogP contribution in [0.4, 0.5) is 0 Å². The van der Waals surface area contributed by atoms with E-state index in [0.29, 0.717) is 12.1 Å². The second-order valence-electron chi connectivity index (χ2n) is 5.56. The van der Waals surface area contributed by atoms with Gasteiger partial charge in [-0.25, -0.2) is 0 Å². The van der Waals surface area contributed by atoms with E-state index in [2.05, 4.69) is 5.32 Å². The minimum Gasteiger partial charge on any atom is -0.472 e. The number of benzene rings is 1. The van der Waals surface area contributed by atoms with Gasteiger partial charge in [0, 0.05) is 19.5 Å². The van der Waals surface area contributed by atoms with Crippen molar-refractivity contribution in [2.75, 3.05) is 19.7 Å². The molecule has 0 unspecified atom stereocenters. The van der Waals surface area contributed by atoms with Gasteiger partial charge in [-0.2, -0.15) is 0 Å². The zero-order chi connectivity index (χ0) is 18.8. The summed E-state index contributed by atoms with van der Waals surface area (Å²) < 4.78 is 9.79. The Kier molecular flexibility index (Phi) is 7.42. The lowest BCUT2D eigenvalue weighted by Gasteiger charge is -2.22. The minimum atomic E-state index is -0.459. The van der Waals surface area contributed by atoms with E-state index in [4.69, 9.17) is 9.15 Å². The summed E-state index contributed by atoms with van der Waals surface area (Å²) in [5, 5.41) is 2.65. The van der Waals surface area contributed by atoms with Gasteiger partial charge < -0.3 is 19.4 Å². The second-order valence-corrected chi connectivity index (χ2v) is 5.56. The molecule has 7 heteroatoms. The van der Waals surface area contributed by atoms with Crippen molar-refractivity contribution in [1.82, 2.24) is 10.2 Å². The monoisotopic (exact) mass is 358 g/mol. The second kappa shape index (κ2) is 10.0. The number of hydrogen-bond donors (Lipinski definition) is 1. The Balaban J connectivity index is 1.91. The number of nitrogens with one attached hydrogen (secondary N) is 1. The molecule has 138 valence electrons. The Labute approximate surface area is 151 Å². The molecule has 26 heavy (non-hydrogen) atoms. The highest BCUT2D eigenvalue weighted by Gasteiger charge is 2.18. The van der Waals surface area contributed by atoms with E-state index >= 15 is 0 Å². The Morgan fingerprint density at radius 3 is 2.58 bits per heavy atom. The molecule has 7 nitrogen and oxygen atoms in total. The van der Waals surface area contributed by atoms with Crippen LogP contribution in [0, 0.1) is 0 Å². The van der Waals surface area contributed by atoms with Crippen LogP contribution >= 0.6 is 0 Å². The lowest BCUT2D eigenvalue weighted by atomic mass is 10.2. The van der Waals surface area contributed by atoms with Gasteiger partial charge in [-0.3, -0.25) is 14.4 Å². The maximum Gasteiger partial charge on any atom is 0.325 e. The van der Waals surface area contributed by atoms with E-state index < -0.39 is 5.97 Å². The van der Waals surface area contributed by atoms with E-state index in [0.717, 1.165) is 5.56 Å². The maximum atomic E-state index is 12.5. The van der Waals surface area contributed by atoms with E-state index in [-0.39, 0.29) is 37.9 Å². The molecule has 2 rings (SSSR count). The molecule has 1 aromatic heterocycles. The fourth-order valence-electron chi connectivity index (χ4n) is 2.34. The van der Waals surface area contributed by atoms with E-state index in [1.807, 2.05) is 30.3 Å². The first kappa shape index (κ1) is 19.2. The van der Waals surface area contributed by atoms with Crippen molar-refractivity contribution in [3.8, 4) is 0 Å². The Morgan fingerprint density at radius 2 is 1.92 bits per heavy atom. The predicted molar refractivity (Wildman–Crippen MR) is 94.2 cm³/mol. The fourth-order valence-corrected chi connectivity index (χ4v) is 2.34. The SMILES string of the molecule is CCOC(=O)CN(Cc1ccccc1)C(=O)CCNC(=O)c1ccoc1. The zero-order valence-corrected chi connectivity index (χ0v) is 14.6. The smallest absolute Gasteiger partial charge is 0.325 e. The van der Waals surface area contributed by atoms with Crippen molar-refractivity contribution >= 4 is 17.8 Å². The van der Waals surface area contributed by atoms with E-state index in [1.165, 1.54) is 17.4 Å². The molecule has 0 aliphatic heterocycles. The molecule has 0 aliphatic rings. The third-order valence-corrected chi connectivity index (χ3v) is 3.60. The quantitative estimate of drug-likeness (QED) is 0.693. The highest BCUT2D eigenvalue weighted by atomic mass is 16.5. The molecular formula is C19H22N2O5. The number of carbonyl (C=O) groups is 3. The Morgan fingerprint density at radius 1 is 1.15 bits per heavy atom. The van der Waals surface area contributed by atoms with Gasteiger partial charge in [0.2, 0.25) is 5.91 Å². The summed E-state index contributed by atoms with van der Waals surface area (Å²) in [4.78, 5) is 37.6.